The highest BCUT2D eigenvalue weighted by atomic mass is 127. The third kappa shape index (κ3) is 5.06. The van der Waals surface area contributed by atoms with Gasteiger partial charge in [0.25, 0.3) is 0 Å². The van der Waals surface area contributed by atoms with Gasteiger partial charge in [0.1, 0.15) is 17.5 Å². The lowest BCUT2D eigenvalue weighted by molar-refractivity contribution is -0.138. The van der Waals surface area contributed by atoms with Crippen molar-refractivity contribution in [1.29, 1.82) is 0 Å². The number of halogens is 3. The highest BCUT2D eigenvalue weighted by molar-refractivity contribution is 14.1. The first-order valence-corrected chi connectivity index (χ1v) is 9.64. The van der Waals surface area contributed by atoms with Crippen molar-refractivity contribution in [3.05, 3.63) is 46.6 Å². The van der Waals surface area contributed by atoms with Gasteiger partial charge in [-0.25, -0.2) is 0 Å². The van der Waals surface area contributed by atoms with Gasteiger partial charge < -0.3 is 20.7 Å². The van der Waals surface area contributed by atoms with E-state index in [1.165, 1.54) is 0 Å². The molecule has 0 unspecified atom stereocenters. The standard InChI is InChI=1S/C15H12I3NO4/c16-9-6-8(1-2-13(9)20)23-14-10(17)3-7(4-11(14)18)5-12(19)15(21)22/h1-4,6,12,20H,5,19H2,(H,21,22)/t12-/m0/s1/i3+1,4+1,5+1,7+1,10+1,11+1,12+1,14+1,15+1,19+1. The van der Waals surface area contributed by atoms with Gasteiger partial charge in [0.2, 0.25) is 0 Å². The van der Waals surface area contributed by atoms with E-state index in [-0.39, 0.29) is 12.2 Å². The number of phenolic OH excluding ortho intramolecular Hbond substituents is 1. The maximum Gasteiger partial charge on any atom is 0.320 e. The van der Waals surface area contributed by atoms with Crippen molar-refractivity contribution in [2.75, 3.05) is 0 Å². The zero-order chi connectivity index (χ0) is 17.1. The molecule has 4 N–H and O–H groups in total. The molecule has 5 nitrogen and oxygen atoms in total. The monoisotopic (exact) mass is 661 g/mol. The molecular formula is C15H12I3NO4. The fourth-order valence-electron chi connectivity index (χ4n) is 1.84. The molecule has 0 aliphatic carbocycles. The lowest BCUT2D eigenvalue weighted by Crippen LogP contribution is -2.32. The van der Waals surface area contributed by atoms with Crippen molar-refractivity contribution in [2.45, 2.75) is 12.5 Å². The first-order chi connectivity index (χ1) is 10.8. The van der Waals surface area contributed by atoms with Crippen molar-refractivity contribution in [3.63, 3.8) is 0 Å². The molecule has 0 aromatic heterocycles. The van der Waals surface area contributed by atoms with Crippen LogP contribution in [0.4, 0.5) is 0 Å². The summed E-state index contributed by atoms with van der Waals surface area (Å²) in [5, 5.41) is 18.5. The van der Waals surface area contributed by atoms with Crippen molar-refractivity contribution in [1.82, 2.24) is 0 Å². The summed E-state index contributed by atoms with van der Waals surface area (Å²) in [6, 6.07) is 7.83. The molecule has 0 amide bonds. The zero-order valence-electron chi connectivity index (χ0n) is 11.6. The molecular weight excluding hydrogens is 649 g/mol. The van der Waals surface area contributed by atoms with E-state index >= 15 is 0 Å². The number of hydrogen-bond acceptors (Lipinski definition) is 4. The van der Waals surface area contributed by atoms with E-state index in [2.05, 4.69) is 45.2 Å². The van der Waals surface area contributed by atoms with Gasteiger partial charge in [-0.1, -0.05) is 0 Å². The maximum absolute atomic E-state index is 10.9. The third-order valence-electron chi connectivity index (χ3n) is 2.97. The quantitative estimate of drug-likeness (QED) is 0.257. The van der Waals surface area contributed by atoms with Crippen LogP contribution in [0.25, 0.3) is 0 Å². The molecule has 2 aromatic carbocycles. The second-order valence-corrected chi connectivity index (χ2v) is 8.24. The molecule has 1 atom stereocenters. The fraction of sp³-hybridized carbons (Fsp3) is 0.133. The van der Waals surface area contributed by atoms with Crippen LogP contribution in [0.5, 0.6) is 17.2 Å². The largest absolute Gasteiger partial charge is 0.507 e. The summed E-state index contributed by atoms with van der Waals surface area (Å²) in [6.45, 7) is 0. The van der Waals surface area contributed by atoms with E-state index in [0.29, 0.717) is 15.1 Å². The highest BCUT2D eigenvalue weighted by Gasteiger charge is 2.16. The number of phenols is 1. The van der Waals surface area contributed by atoms with Gasteiger partial charge in [-0.3, -0.25) is 4.79 Å². The summed E-state index contributed by atoms with van der Waals surface area (Å²) >= 11 is 6.33. The first-order valence-electron chi connectivity index (χ1n) is 6.40. The van der Waals surface area contributed by atoms with Crippen LogP contribution in [0, 0.1) is 10.7 Å². The summed E-state index contributed by atoms with van der Waals surface area (Å²) in [7, 11) is 0. The predicted octanol–water partition coefficient (Wildman–Crippen LogP) is 3.95. The van der Waals surface area contributed by atoms with Crippen LogP contribution in [0.2, 0.25) is 0 Å². The number of benzene rings is 2. The Hall–Kier alpha value is -0.340. The van der Waals surface area contributed by atoms with Crippen LogP contribution in [-0.2, 0) is 11.2 Å². The molecule has 2 aromatic rings. The van der Waals surface area contributed by atoms with Gasteiger partial charge in [-0.05, 0) is 110 Å². The topological polar surface area (TPSA) is 92.8 Å². The Balaban J connectivity index is 2.26. The number of carbonyl (C=O) groups is 1. The van der Waals surface area contributed by atoms with Crippen LogP contribution in [0.15, 0.2) is 30.3 Å². The molecule has 0 aliphatic heterocycles. The third-order valence-corrected chi connectivity index (χ3v) is 5.44. The van der Waals surface area contributed by atoms with Crippen LogP contribution in [0.3, 0.4) is 0 Å². The average Bonchev–Trinajstić information content (AvgIpc) is 2.46. The number of rotatable bonds is 5. The predicted molar refractivity (Wildman–Crippen MR) is 112 cm³/mol. The minimum absolute atomic E-state index is 0.209. The van der Waals surface area contributed by atoms with E-state index in [1.54, 1.807) is 18.2 Å². The van der Waals surface area contributed by atoms with Crippen LogP contribution >= 0.6 is 67.8 Å². The summed E-state index contributed by atoms with van der Waals surface area (Å²) in [5.41, 5.74) is 6.43. The molecule has 2 rings (SSSR count). The van der Waals surface area contributed by atoms with Gasteiger partial charge in [-0.2, -0.15) is 0 Å². The maximum atomic E-state index is 10.9. The number of hydrogen-bond donors (Lipinski definition) is 3. The summed E-state index contributed by atoms with van der Waals surface area (Å²) in [6.07, 6.45) is 0.263. The molecule has 0 spiro atoms. The minimum Gasteiger partial charge on any atom is -0.507 e. The Bertz CT molecular complexity index is 728. The summed E-state index contributed by atoms with van der Waals surface area (Å²) in [4.78, 5) is 10.9. The SMILES string of the molecule is [15NH2][13C@@H]([13CH2][13c]1[13cH][13c](I)[13c](Oc2ccc(O)c(I)c2)[13c](I)[13cH]1)[13C](=O)O. The first kappa shape index (κ1) is 19.0. The van der Waals surface area contributed by atoms with E-state index in [4.69, 9.17) is 15.6 Å². The van der Waals surface area contributed by atoms with Crippen LogP contribution in [-0.4, -0.2) is 22.2 Å². The van der Waals surface area contributed by atoms with E-state index in [0.717, 1.165) is 12.7 Å². The van der Waals surface area contributed by atoms with Gasteiger partial charge >= 0.3 is 5.97 Å². The number of ether oxygens (including phenoxy) is 1. The van der Waals surface area contributed by atoms with Crippen molar-refractivity contribution >= 4 is 73.7 Å². The molecule has 0 fully saturated rings. The molecule has 122 valence electrons. The number of carboxylic acids is 1. The number of aliphatic carboxylic acids is 1. The number of aromatic hydroxyl groups is 1. The molecule has 0 aliphatic rings. The number of carboxylic acid groups (broad SMARTS) is 1. The molecule has 23 heavy (non-hydrogen) atoms. The van der Waals surface area contributed by atoms with E-state index in [1.807, 2.05) is 34.7 Å². The second-order valence-electron chi connectivity index (χ2n) is 4.75. The smallest absolute Gasteiger partial charge is 0.320 e. The van der Waals surface area contributed by atoms with Crippen molar-refractivity contribution in [2.24, 2.45) is 5.73 Å². The molecule has 0 saturated heterocycles. The Morgan fingerprint density at radius 1 is 1.13 bits per heavy atom. The van der Waals surface area contributed by atoms with Gasteiger partial charge in [0, 0.05) is 0 Å². The molecule has 0 radical (unpaired) electrons. The van der Waals surface area contributed by atoms with Gasteiger partial charge in [0.15, 0.2) is 5.75 Å². The highest BCUT2D eigenvalue weighted by Crippen LogP contribution is 2.34. The molecule has 0 bridgehead atoms. The molecule has 0 saturated carbocycles. The summed E-state index contributed by atoms with van der Waals surface area (Å²) < 4.78 is 8.34. The lowest BCUT2D eigenvalue weighted by atomic mass is 10.3. The van der Waals surface area contributed by atoms with Crippen LogP contribution < -0.4 is 10.5 Å². The van der Waals surface area contributed by atoms with Gasteiger partial charge in [0.05, 0.1) is 10.7 Å². The Morgan fingerprint density at radius 2 is 1.74 bits per heavy atom. The average molecular weight is 661 g/mol. The normalized spacial score (nSPS) is 12.0. The van der Waals surface area contributed by atoms with Crippen molar-refractivity contribution < 1.29 is 19.7 Å². The fourth-order valence-corrected chi connectivity index (χ4v) is 4.44. The molecule has 0 heterocycles. The van der Waals surface area contributed by atoms with E-state index in [9.17, 15) is 9.90 Å². The van der Waals surface area contributed by atoms with E-state index < -0.39 is 12.0 Å². The summed E-state index contributed by atoms with van der Waals surface area (Å²) in [5.74, 6) is 0.507. The lowest BCUT2D eigenvalue weighted by Gasteiger charge is -2.13. The van der Waals surface area contributed by atoms with Crippen LogP contribution in [0.1, 0.15) is 5.56 Å². The Labute approximate surface area is 174 Å². The number of nitrogens with two attached hydrogens (primary N) is 1. The van der Waals surface area contributed by atoms with Crippen molar-refractivity contribution in [3.8, 4) is 17.2 Å². The minimum atomic E-state index is -1.02. The van der Waals surface area contributed by atoms with Gasteiger partial charge in [-0.15, -0.1) is 0 Å². The second kappa shape index (κ2) is 8.16. The Morgan fingerprint density at radius 3 is 2.26 bits per heavy atom. The molecule has 8 heteroatoms. The zero-order valence-corrected chi connectivity index (χ0v) is 18.1. The Kier molecular flexibility index (Phi) is 6.74.